The molecule has 8 nitrogen and oxygen atoms in total. The van der Waals surface area contributed by atoms with E-state index in [1.807, 2.05) is 59.5 Å². The van der Waals surface area contributed by atoms with Crippen LogP contribution in [-0.2, 0) is 10.2 Å². The van der Waals surface area contributed by atoms with Gasteiger partial charge in [0.2, 0.25) is 11.7 Å². The Morgan fingerprint density at radius 1 is 1.00 bits per heavy atom. The lowest BCUT2D eigenvalue weighted by molar-refractivity contribution is -0.131. The van der Waals surface area contributed by atoms with E-state index in [0.717, 1.165) is 24.1 Å². The zero-order chi connectivity index (χ0) is 30.8. The Morgan fingerprint density at radius 2 is 1.65 bits per heavy atom. The molecule has 3 N–H and O–H groups in total. The number of carbonyl (C=O) groups excluding carboxylic acids is 2. The van der Waals surface area contributed by atoms with Crippen LogP contribution in [0.15, 0.2) is 66.7 Å². The third kappa shape index (κ3) is 5.00. The highest BCUT2D eigenvalue weighted by atomic mass is 35.5. The average Bonchev–Trinajstić information content (AvgIpc) is 3.59. The number of piperidine rings is 1. The van der Waals surface area contributed by atoms with E-state index >= 15 is 0 Å². The zero-order valence-electron chi connectivity index (χ0n) is 25.2. The Balaban J connectivity index is 1.79. The largest absolute Gasteiger partial charge is 0.493 e. The molecule has 228 valence electrons. The SMILES string of the molecule is CCC1(C2CCNC2)C(c2ccc(Cl)cc2)C(C(N)=O)(c2ccccc2)CCN1C(=O)c1cc(OC)c(OC)c(OC)c1. The van der Waals surface area contributed by atoms with Crippen LogP contribution >= 0.6 is 11.6 Å². The highest BCUT2D eigenvalue weighted by Gasteiger charge is 2.64. The topological polar surface area (TPSA) is 103 Å². The van der Waals surface area contributed by atoms with Crippen LogP contribution in [0.5, 0.6) is 17.2 Å². The predicted octanol–water partition coefficient (Wildman–Crippen LogP) is 5.18. The number of rotatable bonds is 9. The second-order valence-electron chi connectivity index (χ2n) is 11.3. The van der Waals surface area contributed by atoms with Gasteiger partial charge in [0.05, 0.1) is 32.3 Å². The quantitative estimate of drug-likeness (QED) is 0.349. The summed E-state index contributed by atoms with van der Waals surface area (Å²) in [7, 11) is 4.60. The summed E-state index contributed by atoms with van der Waals surface area (Å²) in [5.74, 6) is 0.241. The number of ether oxygens (including phenoxy) is 3. The molecule has 43 heavy (non-hydrogen) atoms. The first-order valence-corrected chi connectivity index (χ1v) is 15.1. The minimum Gasteiger partial charge on any atom is -0.493 e. The fourth-order valence-electron chi connectivity index (χ4n) is 7.78. The Hall–Kier alpha value is -3.75. The number of likely N-dealkylation sites (tertiary alicyclic amines) is 1. The van der Waals surface area contributed by atoms with Crippen LogP contribution in [0.4, 0.5) is 0 Å². The number of halogens is 1. The molecule has 4 unspecified atom stereocenters. The van der Waals surface area contributed by atoms with Gasteiger partial charge in [-0.1, -0.05) is 61.0 Å². The lowest BCUT2D eigenvalue weighted by Crippen LogP contribution is -2.70. The number of hydrogen-bond acceptors (Lipinski definition) is 6. The fourth-order valence-corrected chi connectivity index (χ4v) is 7.90. The summed E-state index contributed by atoms with van der Waals surface area (Å²) in [5.41, 5.74) is 6.81. The van der Waals surface area contributed by atoms with Crippen molar-refractivity contribution in [3.05, 3.63) is 88.4 Å². The molecule has 3 aromatic rings. The number of amides is 2. The van der Waals surface area contributed by atoms with E-state index in [0.29, 0.717) is 53.8 Å². The van der Waals surface area contributed by atoms with Crippen molar-refractivity contribution in [2.75, 3.05) is 41.0 Å². The molecule has 0 radical (unpaired) electrons. The molecule has 3 aromatic carbocycles. The minimum absolute atomic E-state index is 0.0481. The van der Waals surface area contributed by atoms with E-state index in [4.69, 9.17) is 31.5 Å². The van der Waals surface area contributed by atoms with Gasteiger partial charge in [-0.2, -0.15) is 0 Å². The summed E-state index contributed by atoms with van der Waals surface area (Å²) >= 11 is 6.37. The van der Waals surface area contributed by atoms with Gasteiger partial charge in [-0.25, -0.2) is 0 Å². The third-order valence-corrected chi connectivity index (χ3v) is 9.90. The molecule has 0 saturated carbocycles. The smallest absolute Gasteiger partial charge is 0.254 e. The molecular weight excluding hydrogens is 566 g/mol. The van der Waals surface area contributed by atoms with E-state index < -0.39 is 22.8 Å². The molecule has 2 heterocycles. The van der Waals surface area contributed by atoms with E-state index in [1.54, 1.807) is 12.1 Å². The van der Waals surface area contributed by atoms with Crippen molar-refractivity contribution < 1.29 is 23.8 Å². The first kappa shape index (κ1) is 30.7. The van der Waals surface area contributed by atoms with Crippen LogP contribution in [0.2, 0.25) is 5.02 Å². The Morgan fingerprint density at radius 3 is 2.16 bits per heavy atom. The summed E-state index contributed by atoms with van der Waals surface area (Å²) in [6.07, 6.45) is 1.81. The number of hydrogen-bond donors (Lipinski definition) is 2. The highest BCUT2D eigenvalue weighted by Crippen LogP contribution is 2.58. The van der Waals surface area contributed by atoms with Crippen molar-refractivity contribution in [3.8, 4) is 17.2 Å². The normalized spacial score (nSPS) is 25.3. The average molecular weight is 606 g/mol. The molecule has 9 heteroatoms. The number of nitrogens with zero attached hydrogens (tertiary/aromatic N) is 1. The van der Waals surface area contributed by atoms with Gasteiger partial charge in [-0.05, 0) is 67.1 Å². The monoisotopic (exact) mass is 605 g/mol. The standard InChI is InChI=1S/C34H40ClN3O5/c1-5-34(25-15-17-37-21-25)30(22-11-13-26(35)14-12-22)33(32(36)40,24-9-7-6-8-10-24)16-18-38(34)31(39)23-19-27(41-2)29(43-4)28(20-23)42-3/h6-14,19-20,25,30,37H,5,15-18,21H2,1-4H3,(H2,36,40). The van der Waals surface area contributed by atoms with Crippen molar-refractivity contribution in [1.82, 2.24) is 10.2 Å². The van der Waals surface area contributed by atoms with E-state index in [2.05, 4.69) is 12.2 Å². The van der Waals surface area contributed by atoms with Gasteiger partial charge in [0, 0.05) is 29.6 Å². The summed E-state index contributed by atoms with van der Waals surface area (Å²) in [5, 5.41) is 4.12. The molecule has 2 aliphatic heterocycles. The molecule has 2 saturated heterocycles. The van der Waals surface area contributed by atoms with Crippen molar-refractivity contribution >= 4 is 23.4 Å². The zero-order valence-corrected chi connectivity index (χ0v) is 25.9. The maximum Gasteiger partial charge on any atom is 0.254 e. The maximum atomic E-state index is 14.8. The van der Waals surface area contributed by atoms with Gasteiger partial charge in [-0.15, -0.1) is 0 Å². The van der Waals surface area contributed by atoms with Crippen molar-refractivity contribution in [1.29, 1.82) is 0 Å². The second-order valence-corrected chi connectivity index (χ2v) is 11.8. The van der Waals surface area contributed by atoms with Gasteiger partial charge >= 0.3 is 0 Å². The fraction of sp³-hybridized carbons (Fsp3) is 0.412. The number of nitrogens with two attached hydrogens (primary N) is 1. The lowest BCUT2D eigenvalue weighted by atomic mass is 9.51. The van der Waals surface area contributed by atoms with Gasteiger partial charge < -0.3 is 30.2 Å². The second kappa shape index (κ2) is 12.5. The van der Waals surface area contributed by atoms with Gasteiger partial charge in [0.25, 0.3) is 5.91 Å². The van der Waals surface area contributed by atoms with Crippen LogP contribution in [0.1, 0.15) is 53.6 Å². The molecule has 0 aliphatic carbocycles. The lowest BCUT2D eigenvalue weighted by Gasteiger charge is -2.61. The Bertz CT molecular complexity index is 1440. The van der Waals surface area contributed by atoms with Crippen LogP contribution < -0.4 is 25.3 Å². The number of primary amides is 1. The predicted molar refractivity (Wildman–Crippen MR) is 167 cm³/mol. The minimum atomic E-state index is -1.07. The number of carbonyl (C=O) groups is 2. The summed E-state index contributed by atoms with van der Waals surface area (Å²) in [4.78, 5) is 30.8. The number of benzene rings is 3. The van der Waals surface area contributed by atoms with E-state index in [-0.39, 0.29) is 11.8 Å². The van der Waals surface area contributed by atoms with Crippen LogP contribution in [0.3, 0.4) is 0 Å². The van der Waals surface area contributed by atoms with Crippen LogP contribution in [0.25, 0.3) is 0 Å². The molecular formula is C34H40ClN3O5. The number of methoxy groups -OCH3 is 3. The molecule has 5 rings (SSSR count). The van der Waals surface area contributed by atoms with Crippen LogP contribution in [0, 0.1) is 5.92 Å². The van der Waals surface area contributed by atoms with Crippen molar-refractivity contribution in [3.63, 3.8) is 0 Å². The van der Waals surface area contributed by atoms with Crippen molar-refractivity contribution in [2.45, 2.75) is 43.1 Å². The molecule has 0 aromatic heterocycles. The maximum absolute atomic E-state index is 14.8. The first-order valence-electron chi connectivity index (χ1n) is 14.7. The van der Waals surface area contributed by atoms with Gasteiger partial charge in [0.1, 0.15) is 0 Å². The summed E-state index contributed by atoms with van der Waals surface area (Å²) in [6, 6.07) is 20.8. The van der Waals surface area contributed by atoms with Gasteiger partial charge in [0.15, 0.2) is 11.5 Å². The van der Waals surface area contributed by atoms with E-state index in [9.17, 15) is 9.59 Å². The number of nitrogens with one attached hydrogen (secondary N) is 1. The summed E-state index contributed by atoms with van der Waals surface area (Å²) < 4.78 is 16.7. The first-order chi connectivity index (χ1) is 20.8. The molecule has 2 aliphatic rings. The third-order valence-electron chi connectivity index (χ3n) is 9.65. The molecule has 2 fully saturated rings. The Labute approximate surface area is 258 Å². The summed E-state index contributed by atoms with van der Waals surface area (Å²) in [6.45, 7) is 3.97. The van der Waals surface area contributed by atoms with Crippen LogP contribution in [-0.4, -0.2) is 63.2 Å². The van der Waals surface area contributed by atoms with Crippen molar-refractivity contribution in [2.24, 2.45) is 11.7 Å². The van der Waals surface area contributed by atoms with E-state index in [1.165, 1.54) is 21.3 Å². The molecule has 4 atom stereocenters. The molecule has 0 spiro atoms. The highest BCUT2D eigenvalue weighted by molar-refractivity contribution is 6.30. The Kier molecular flexibility index (Phi) is 8.90. The van der Waals surface area contributed by atoms with Gasteiger partial charge in [-0.3, -0.25) is 9.59 Å². The molecule has 2 amide bonds. The molecule has 0 bridgehead atoms.